The summed E-state index contributed by atoms with van der Waals surface area (Å²) in [5, 5.41) is 9.20. The summed E-state index contributed by atoms with van der Waals surface area (Å²) in [5.74, 6) is 0.814. The maximum absolute atomic E-state index is 9.20. The molecular weight excluding hydrogens is 306 g/mol. The van der Waals surface area contributed by atoms with Gasteiger partial charge in [0.2, 0.25) is 0 Å². The first kappa shape index (κ1) is 18.9. The predicted octanol–water partition coefficient (Wildman–Crippen LogP) is 3.92. The maximum Gasteiger partial charge on any atom is 0.0608 e. The smallest absolute Gasteiger partial charge is 0.0608 e. The van der Waals surface area contributed by atoms with E-state index < -0.39 is 5.54 Å². The lowest BCUT2D eigenvalue weighted by Gasteiger charge is -2.21. The van der Waals surface area contributed by atoms with Gasteiger partial charge in [0.1, 0.15) is 0 Å². The fourth-order valence-corrected chi connectivity index (χ4v) is 4.19. The van der Waals surface area contributed by atoms with Gasteiger partial charge >= 0.3 is 0 Å². The van der Waals surface area contributed by atoms with Crippen molar-refractivity contribution in [2.75, 3.05) is 19.8 Å². The van der Waals surface area contributed by atoms with Gasteiger partial charge in [-0.2, -0.15) is 0 Å². The van der Waals surface area contributed by atoms with E-state index in [1.165, 1.54) is 41.9 Å². The minimum absolute atomic E-state index is 0.0452. The summed E-state index contributed by atoms with van der Waals surface area (Å²) >= 11 is 1.88. The Hall–Kier alpha value is -0.420. The third-order valence-electron chi connectivity index (χ3n) is 4.81. The van der Waals surface area contributed by atoms with E-state index in [4.69, 9.17) is 10.5 Å². The predicted molar refractivity (Wildman–Crippen MR) is 98.0 cm³/mol. The Bertz CT molecular complexity index is 438. The van der Waals surface area contributed by atoms with Crippen LogP contribution in [0.2, 0.25) is 0 Å². The van der Waals surface area contributed by atoms with Gasteiger partial charge in [0.05, 0.1) is 6.61 Å². The summed E-state index contributed by atoms with van der Waals surface area (Å²) in [4.78, 5) is 2.80. The van der Waals surface area contributed by atoms with Crippen LogP contribution in [0.1, 0.15) is 61.6 Å². The molecule has 0 saturated heterocycles. The first-order valence-electron chi connectivity index (χ1n) is 9.14. The second-order valence-corrected chi connectivity index (χ2v) is 8.62. The van der Waals surface area contributed by atoms with Crippen LogP contribution in [-0.4, -0.2) is 30.5 Å². The molecule has 4 heteroatoms. The Morgan fingerprint density at radius 1 is 1.22 bits per heavy atom. The number of rotatable bonds is 10. The van der Waals surface area contributed by atoms with Crippen molar-refractivity contribution in [2.24, 2.45) is 11.7 Å². The van der Waals surface area contributed by atoms with Crippen molar-refractivity contribution in [3.63, 3.8) is 0 Å². The third-order valence-corrected chi connectivity index (χ3v) is 6.02. The number of hydrogen-bond acceptors (Lipinski definition) is 4. The number of ether oxygens (including phenoxy) is 1. The number of aliphatic hydroxyl groups is 1. The van der Waals surface area contributed by atoms with Crippen LogP contribution >= 0.6 is 11.3 Å². The molecule has 1 aliphatic rings. The lowest BCUT2D eigenvalue weighted by Crippen LogP contribution is -2.40. The number of thiophene rings is 1. The molecule has 1 unspecified atom stereocenters. The molecule has 1 aromatic heterocycles. The zero-order valence-electron chi connectivity index (χ0n) is 14.6. The Labute approximate surface area is 145 Å². The number of aryl methyl sites for hydroxylation is 2. The topological polar surface area (TPSA) is 55.5 Å². The Morgan fingerprint density at radius 2 is 1.91 bits per heavy atom. The molecule has 0 aliphatic heterocycles. The molecule has 2 rings (SSSR count). The SMILES string of the molecule is CC(N)(CO)CCc1ccc(CCCOCC2CCCCC2)s1. The average Bonchev–Trinajstić information content (AvgIpc) is 3.02. The molecular formula is C19H33NO2S. The van der Waals surface area contributed by atoms with E-state index in [0.29, 0.717) is 0 Å². The Morgan fingerprint density at radius 3 is 2.61 bits per heavy atom. The molecule has 1 saturated carbocycles. The molecule has 0 bridgehead atoms. The number of hydrogen-bond donors (Lipinski definition) is 2. The lowest BCUT2D eigenvalue weighted by atomic mass is 9.90. The average molecular weight is 340 g/mol. The molecule has 1 aromatic rings. The van der Waals surface area contributed by atoms with E-state index in [-0.39, 0.29) is 6.61 Å². The van der Waals surface area contributed by atoms with Crippen molar-refractivity contribution in [3.05, 3.63) is 21.9 Å². The van der Waals surface area contributed by atoms with E-state index in [1.807, 2.05) is 18.3 Å². The van der Waals surface area contributed by atoms with Crippen LogP contribution in [0.25, 0.3) is 0 Å². The summed E-state index contributed by atoms with van der Waals surface area (Å²) in [5.41, 5.74) is 5.52. The van der Waals surface area contributed by atoms with Gasteiger partial charge in [0, 0.05) is 28.5 Å². The van der Waals surface area contributed by atoms with Crippen molar-refractivity contribution in [2.45, 2.75) is 70.3 Å². The summed E-state index contributed by atoms with van der Waals surface area (Å²) in [6.45, 7) is 3.80. The van der Waals surface area contributed by atoms with Gasteiger partial charge in [0.15, 0.2) is 0 Å². The zero-order valence-corrected chi connectivity index (χ0v) is 15.4. The highest BCUT2D eigenvalue weighted by atomic mass is 32.1. The van der Waals surface area contributed by atoms with Crippen molar-refractivity contribution in [1.82, 2.24) is 0 Å². The molecule has 1 fully saturated rings. The van der Waals surface area contributed by atoms with Crippen LogP contribution in [0.15, 0.2) is 12.1 Å². The van der Waals surface area contributed by atoms with E-state index in [0.717, 1.165) is 44.8 Å². The molecule has 3 N–H and O–H groups in total. The minimum atomic E-state index is -0.461. The number of nitrogens with two attached hydrogens (primary N) is 1. The van der Waals surface area contributed by atoms with Crippen LogP contribution in [-0.2, 0) is 17.6 Å². The number of aliphatic hydroxyl groups excluding tert-OH is 1. The van der Waals surface area contributed by atoms with Gasteiger partial charge in [0.25, 0.3) is 0 Å². The molecule has 0 amide bonds. The van der Waals surface area contributed by atoms with E-state index in [9.17, 15) is 5.11 Å². The zero-order chi connectivity index (χ0) is 16.5. The molecule has 0 radical (unpaired) electrons. The molecule has 1 aliphatic carbocycles. The molecule has 1 atom stereocenters. The van der Waals surface area contributed by atoms with Gasteiger partial charge in [-0.25, -0.2) is 0 Å². The quantitative estimate of drug-likeness (QED) is 0.635. The first-order valence-corrected chi connectivity index (χ1v) is 9.96. The Kier molecular flexibility index (Phi) is 8.04. The highest BCUT2D eigenvalue weighted by molar-refractivity contribution is 7.11. The fourth-order valence-electron chi connectivity index (χ4n) is 3.13. The second-order valence-electron chi connectivity index (χ2n) is 7.36. The Balaban J connectivity index is 1.57. The van der Waals surface area contributed by atoms with Crippen LogP contribution < -0.4 is 5.73 Å². The second kappa shape index (κ2) is 9.77. The van der Waals surface area contributed by atoms with Crippen molar-refractivity contribution in [3.8, 4) is 0 Å². The van der Waals surface area contributed by atoms with Crippen LogP contribution in [0.3, 0.4) is 0 Å². The van der Waals surface area contributed by atoms with E-state index in [1.54, 1.807) is 0 Å². The van der Waals surface area contributed by atoms with Crippen molar-refractivity contribution < 1.29 is 9.84 Å². The van der Waals surface area contributed by atoms with E-state index >= 15 is 0 Å². The van der Waals surface area contributed by atoms with Gasteiger partial charge in [-0.05, 0) is 63.5 Å². The van der Waals surface area contributed by atoms with Gasteiger partial charge < -0.3 is 15.6 Å². The maximum atomic E-state index is 9.20. The summed E-state index contributed by atoms with van der Waals surface area (Å²) in [6, 6.07) is 4.43. The van der Waals surface area contributed by atoms with E-state index in [2.05, 4.69) is 12.1 Å². The highest BCUT2D eigenvalue weighted by Crippen LogP contribution is 2.24. The van der Waals surface area contributed by atoms with Crippen LogP contribution in [0.5, 0.6) is 0 Å². The monoisotopic (exact) mass is 339 g/mol. The van der Waals surface area contributed by atoms with Gasteiger partial charge in [-0.15, -0.1) is 11.3 Å². The van der Waals surface area contributed by atoms with Gasteiger partial charge in [-0.1, -0.05) is 19.3 Å². The first-order chi connectivity index (χ1) is 11.1. The molecule has 0 aromatic carbocycles. The van der Waals surface area contributed by atoms with Crippen LogP contribution in [0.4, 0.5) is 0 Å². The molecule has 3 nitrogen and oxygen atoms in total. The largest absolute Gasteiger partial charge is 0.394 e. The summed E-state index contributed by atoms with van der Waals surface area (Å²) < 4.78 is 5.87. The third kappa shape index (κ3) is 7.34. The summed E-state index contributed by atoms with van der Waals surface area (Å²) in [6.07, 6.45) is 10.9. The lowest BCUT2D eigenvalue weighted by molar-refractivity contribution is 0.0839. The standard InChI is InChI=1S/C19H33NO2S/c1-19(20,15-21)12-11-18-10-9-17(23-18)8-5-13-22-14-16-6-3-2-4-7-16/h9-10,16,21H,2-8,11-15,20H2,1H3. The van der Waals surface area contributed by atoms with Gasteiger partial charge in [-0.3, -0.25) is 0 Å². The fraction of sp³-hybridized carbons (Fsp3) is 0.789. The molecule has 23 heavy (non-hydrogen) atoms. The van der Waals surface area contributed by atoms with Crippen molar-refractivity contribution >= 4 is 11.3 Å². The van der Waals surface area contributed by atoms with Crippen molar-refractivity contribution in [1.29, 1.82) is 0 Å². The normalized spacial score (nSPS) is 18.9. The minimum Gasteiger partial charge on any atom is -0.394 e. The molecule has 132 valence electrons. The summed E-state index contributed by atoms with van der Waals surface area (Å²) in [7, 11) is 0. The molecule has 1 heterocycles. The molecule has 0 spiro atoms. The highest BCUT2D eigenvalue weighted by Gasteiger charge is 2.17. The van der Waals surface area contributed by atoms with Crippen LogP contribution in [0, 0.1) is 5.92 Å².